The van der Waals surface area contributed by atoms with Crippen molar-refractivity contribution in [3.63, 3.8) is 0 Å². The van der Waals surface area contributed by atoms with Crippen LogP contribution in [0.3, 0.4) is 0 Å². The summed E-state index contributed by atoms with van der Waals surface area (Å²) in [7, 11) is 0. The van der Waals surface area contributed by atoms with E-state index in [0.717, 1.165) is 30.5 Å². The Morgan fingerprint density at radius 3 is 2.10 bits per heavy atom. The number of hydrogen-bond acceptors (Lipinski definition) is 3. The number of benzene rings is 3. The van der Waals surface area contributed by atoms with Crippen LogP contribution in [-0.2, 0) is 24.2 Å². The number of nitrogens with zero attached hydrogens (tertiary/aromatic N) is 1. The number of nitrogen functional groups attached to an aromatic ring is 1. The summed E-state index contributed by atoms with van der Waals surface area (Å²) in [5.74, 6) is 0. The van der Waals surface area contributed by atoms with Crippen LogP contribution in [0.4, 0.5) is 10.5 Å². The van der Waals surface area contributed by atoms with E-state index in [0.29, 0.717) is 6.54 Å². The number of anilines is 1. The minimum atomic E-state index is -0.264. The van der Waals surface area contributed by atoms with Gasteiger partial charge in [0.15, 0.2) is 0 Å². The summed E-state index contributed by atoms with van der Waals surface area (Å²) in [4.78, 5) is 14.8. The molecule has 0 bridgehead atoms. The van der Waals surface area contributed by atoms with Crippen LogP contribution in [0.5, 0.6) is 0 Å². The number of nitrogens with two attached hydrogens (primary N) is 1. The average Bonchev–Trinajstić information content (AvgIpc) is 2.77. The number of aryl methyl sites for hydroxylation is 1. The van der Waals surface area contributed by atoms with E-state index >= 15 is 0 Å². The van der Waals surface area contributed by atoms with Crippen molar-refractivity contribution >= 4 is 11.8 Å². The SMILES string of the molecule is CC(Cc1ccccc1)N(CCCc1ccc(N)cc1)C(=O)OCc1ccccc1. The summed E-state index contributed by atoms with van der Waals surface area (Å²) in [6.45, 7) is 3.01. The van der Waals surface area contributed by atoms with Gasteiger partial charge < -0.3 is 15.4 Å². The van der Waals surface area contributed by atoms with E-state index in [9.17, 15) is 4.79 Å². The predicted molar refractivity (Wildman–Crippen MR) is 122 cm³/mol. The molecular formula is C26H30N2O2. The van der Waals surface area contributed by atoms with E-state index in [-0.39, 0.29) is 18.7 Å². The fourth-order valence-corrected chi connectivity index (χ4v) is 3.50. The third kappa shape index (κ3) is 6.66. The fourth-order valence-electron chi connectivity index (χ4n) is 3.50. The summed E-state index contributed by atoms with van der Waals surface area (Å²) in [6, 6.07) is 28.0. The number of ether oxygens (including phenoxy) is 1. The lowest BCUT2D eigenvalue weighted by Crippen LogP contribution is -2.41. The second-order valence-corrected chi connectivity index (χ2v) is 7.62. The quantitative estimate of drug-likeness (QED) is 0.483. The van der Waals surface area contributed by atoms with Crippen molar-refractivity contribution in [2.75, 3.05) is 12.3 Å². The Hall–Kier alpha value is -3.27. The van der Waals surface area contributed by atoms with Crippen molar-refractivity contribution in [3.05, 3.63) is 102 Å². The van der Waals surface area contributed by atoms with Crippen LogP contribution < -0.4 is 5.73 Å². The van der Waals surface area contributed by atoms with Gasteiger partial charge in [-0.05, 0) is 55.0 Å². The highest BCUT2D eigenvalue weighted by molar-refractivity contribution is 5.68. The van der Waals surface area contributed by atoms with Gasteiger partial charge in [0, 0.05) is 18.3 Å². The third-order valence-electron chi connectivity index (χ3n) is 5.19. The van der Waals surface area contributed by atoms with E-state index in [2.05, 4.69) is 19.1 Å². The fraction of sp³-hybridized carbons (Fsp3) is 0.269. The second kappa shape index (κ2) is 11.1. The zero-order chi connectivity index (χ0) is 21.2. The second-order valence-electron chi connectivity index (χ2n) is 7.62. The third-order valence-corrected chi connectivity index (χ3v) is 5.19. The summed E-state index contributed by atoms with van der Waals surface area (Å²) < 4.78 is 5.64. The maximum absolute atomic E-state index is 12.9. The molecule has 2 N–H and O–H groups in total. The first-order chi connectivity index (χ1) is 14.6. The lowest BCUT2D eigenvalue weighted by Gasteiger charge is -2.29. The van der Waals surface area contributed by atoms with E-state index in [1.807, 2.05) is 77.7 Å². The number of hydrogen-bond donors (Lipinski definition) is 1. The van der Waals surface area contributed by atoms with E-state index in [4.69, 9.17) is 10.5 Å². The Balaban J connectivity index is 1.61. The Morgan fingerprint density at radius 2 is 1.47 bits per heavy atom. The molecule has 156 valence electrons. The van der Waals surface area contributed by atoms with Crippen LogP contribution in [0.15, 0.2) is 84.9 Å². The average molecular weight is 403 g/mol. The topological polar surface area (TPSA) is 55.6 Å². The molecule has 4 heteroatoms. The van der Waals surface area contributed by atoms with Gasteiger partial charge in [0.2, 0.25) is 0 Å². The first-order valence-electron chi connectivity index (χ1n) is 10.5. The van der Waals surface area contributed by atoms with Crippen molar-refractivity contribution in [1.29, 1.82) is 0 Å². The Kier molecular flexibility index (Phi) is 7.90. The van der Waals surface area contributed by atoms with Gasteiger partial charge in [-0.15, -0.1) is 0 Å². The zero-order valence-electron chi connectivity index (χ0n) is 17.5. The van der Waals surface area contributed by atoms with E-state index in [1.165, 1.54) is 11.1 Å². The van der Waals surface area contributed by atoms with Gasteiger partial charge in [-0.2, -0.15) is 0 Å². The zero-order valence-corrected chi connectivity index (χ0v) is 17.5. The molecule has 0 saturated carbocycles. The molecule has 30 heavy (non-hydrogen) atoms. The number of amides is 1. The highest BCUT2D eigenvalue weighted by atomic mass is 16.6. The highest BCUT2D eigenvalue weighted by Gasteiger charge is 2.21. The predicted octanol–water partition coefficient (Wildman–Crippen LogP) is 5.47. The number of rotatable bonds is 9. The van der Waals surface area contributed by atoms with Gasteiger partial charge in [0.05, 0.1) is 0 Å². The molecule has 0 aromatic heterocycles. The lowest BCUT2D eigenvalue weighted by atomic mass is 10.1. The number of carbonyl (C=O) groups is 1. The van der Waals surface area contributed by atoms with E-state index < -0.39 is 0 Å². The minimum absolute atomic E-state index is 0.0436. The van der Waals surface area contributed by atoms with Crippen molar-refractivity contribution in [2.24, 2.45) is 0 Å². The first kappa shape index (κ1) is 21.4. The summed E-state index contributed by atoms with van der Waals surface area (Å²) >= 11 is 0. The maximum Gasteiger partial charge on any atom is 0.410 e. The molecule has 0 aliphatic carbocycles. The molecule has 0 heterocycles. The smallest absolute Gasteiger partial charge is 0.410 e. The van der Waals surface area contributed by atoms with Crippen molar-refractivity contribution < 1.29 is 9.53 Å². The van der Waals surface area contributed by atoms with E-state index in [1.54, 1.807) is 0 Å². The van der Waals surface area contributed by atoms with Crippen LogP contribution in [0.2, 0.25) is 0 Å². The normalized spacial score (nSPS) is 11.6. The monoisotopic (exact) mass is 402 g/mol. The molecule has 3 rings (SSSR count). The molecule has 0 aliphatic heterocycles. The largest absolute Gasteiger partial charge is 0.445 e. The molecule has 4 nitrogen and oxygen atoms in total. The Labute approximate surface area is 179 Å². The van der Waals surface area contributed by atoms with Crippen molar-refractivity contribution in [3.8, 4) is 0 Å². The summed E-state index contributed by atoms with van der Waals surface area (Å²) in [6.07, 6.45) is 2.28. The van der Waals surface area contributed by atoms with Crippen LogP contribution in [0, 0.1) is 0 Å². The van der Waals surface area contributed by atoms with Crippen molar-refractivity contribution in [1.82, 2.24) is 4.90 Å². The summed E-state index contributed by atoms with van der Waals surface area (Å²) in [5.41, 5.74) is 9.95. The molecule has 0 radical (unpaired) electrons. The molecule has 0 fully saturated rings. The minimum Gasteiger partial charge on any atom is -0.445 e. The first-order valence-corrected chi connectivity index (χ1v) is 10.5. The molecule has 1 atom stereocenters. The maximum atomic E-state index is 12.9. The molecular weight excluding hydrogens is 372 g/mol. The number of carbonyl (C=O) groups excluding carboxylic acids is 1. The highest BCUT2D eigenvalue weighted by Crippen LogP contribution is 2.14. The molecule has 0 spiro atoms. The van der Waals surface area contributed by atoms with Crippen LogP contribution >= 0.6 is 0 Å². The molecule has 3 aromatic carbocycles. The Bertz CT molecular complexity index is 895. The van der Waals surface area contributed by atoms with Gasteiger partial charge in [-0.25, -0.2) is 4.79 Å². The van der Waals surface area contributed by atoms with Gasteiger partial charge in [0.25, 0.3) is 0 Å². The van der Waals surface area contributed by atoms with Crippen LogP contribution in [-0.4, -0.2) is 23.6 Å². The van der Waals surface area contributed by atoms with Gasteiger partial charge in [-0.1, -0.05) is 72.8 Å². The molecule has 1 unspecified atom stereocenters. The summed E-state index contributed by atoms with van der Waals surface area (Å²) in [5, 5.41) is 0. The Morgan fingerprint density at radius 1 is 0.867 bits per heavy atom. The van der Waals surface area contributed by atoms with Crippen LogP contribution in [0.25, 0.3) is 0 Å². The van der Waals surface area contributed by atoms with Crippen molar-refractivity contribution in [2.45, 2.75) is 38.8 Å². The van der Waals surface area contributed by atoms with Gasteiger partial charge >= 0.3 is 6.09 Å². The standard InChI is InChI=1S/C26H30N2O2/c1-21(19-23-9-4-2-5-10-23)28(18-8-13-22-14-16-25(27)17-15-22)26(29)30-20-24-11-6-3-7-12-24/h2-7,9-12,14-17,21H,8,13,18-20,27H2,1H3. The molecule has 3 aromatic rings. The van der Waals surface area contributed by atoms with Crippen LogP contribution in [0.1, 0.15) is 30.0 Å². The molecule has 0 aliphatic rings. The molecule has 0 saturated heterocycles. The van der Waals surface area contributed by atoms with Gasteiger partial charge in [-0.3, -0.25) is 0 Å². The molecule has 1 amide bonds. The van der Waals surface area contributed by atoms with Gasteiger partial charge in [0.1, 0.15) is 6.61 Å². The lowest BCUT2D eigenvalue weighted by molar-refractivity contribution is 0.0825.